The Labute approximate surface area is 224 Å². The van der Waals surface area contributed by atoms with Crippen LogP contribution in [-0.2, 0) is 18.9 Å². The van der Waals surface area contributed by atoms with E-state index in [-0.39, 0.29) is 17.7 Å². The average Bonchev–Trinajstić information content (AvgIpc) is 2.96. The van der Waals surface area contributed by atoms with Crippen molar-refractivity contribution in [1.82, 2.24) is 0 Å². The number of rotatable bonds is 9. The van der Waals surface area contributed by atoms with E-state index in [1.165, 1.54) is 11.8 Å². The molecule has 4 rings (SSSR count). The summed E-state index contributed by atoms with van der Waals surface area (Å²) in [6.45, 7) is 1.59. The second kappa shape index (κ2) is 13.2. The molecule has 0 saturated carbocycles. The third kappa shape index (κ3) is 6.80. The lowest BCUT2D eigenvalue weighted by molar-refractivity contribution is -0.206. The molecule has 1 aliphatic rings. The monoisotopic (exact) mass is 536 g/mol. The Balaban J connectivity index is 1.61. The van der Waals surface area contributed by atoms with Crippen LogP contribution in [0.1, 0.15) is 38.0 Å². The predicted molar refractivity (Wildman–Crippen MR) is 141 cm³/mol. The minimum Gasteiger partial charge on any atom is -0.459 e. The number of hydrogen-bond donors (Lipinski definition) is 1. The summed E-state index contributed by atoms with van der Waals surface area (Å²) in [5, 5.41) is 11.2. The van der Waals surface area contributed by atoms with E-state index in [1.54, 1.807) is 91.0 Å². The van der Waals surface area contributed by atoms with Crippen LogP contribution < -0.4 is 0 Å². The van der Waals surface area contributed by atoms with Gasteiger partial charge in [-0.3, -0.25) is 0 Å². The highest BCUT2D eigenvalue weighted by Crippen LogP contribution is 2.33. The molecule has 1 N–H and O–H groups in total. The van der Waals surface area contributed by atoms with E-state index in [9.17, 15) is 19.5 Å². The maximum atomic E-state index is 13.0. The molecule has 3 aromatic rings. The summed E-state index contributed by atoms with van der Waals surface area (Å²) in [7, 11) is 0. The lowest BCUT2D eigenvalue weighted by atomic mass is 9.99. The summed E-state index contributed by atoms with van der Waals surface area (Å²) in [5.74, 6) is -1.40. The molecule has 1 fully saturated rings. The minimum absolute atomic E-state index is 0.264. The molecule has 8 nitrogen and oxygen atoms in total. The summed E-state index contributed by atoms with van der Waals surface area (Å²) in [6, 6.07) is 25.0. The quantitative estimate of drug-likeness (QED) is 0.319. The molecular formula is C29H28O8S. The van der Waals surface area contributed by atoms with Crippen LogP contribution in [0.3, 0.4) is 0 Å². The molecule has 5 atom stereocenters. The molecule has 0 amide bonds. The van der Waals surface area contributed by atoms with Gasteiger partial charge in [0.1, 0.15) is 24.3 Å². The number of ether oxygens (including phenoxy) is 4. The highest BCUT2D eigenvalue weighted by molar-refractivity contribution is 7.99. The molecule has 1 aliphatic heterocycles. The molecule has 0 radical (unpaired) electrons. The number of carbonyl (C=O) groups excluding carboxylic acids is 3. The van der Waals surface area contributed by atoms with Crippen molar-refractivity contribution in [3.05, 3.63) is 108 Å². The number of aliphatic hydroxyl groups excluding tert-OH is 1. The van der Waals surface area contributed by atoms with Crippen molar-refractivity contribution < 1.29 is 38.4 Å². The fourth-order valence-electron chi connectivity index (χ4n) is 3.95. The highest BCUT2D eigenvalue weighted by Gasteiger charge is 2.50. The second-order valence-electron chi connectivity index (χ2n) is 8.43. The van der Waals surface area contributed by atoms with Gasteiger partial charge >= 0.3 is 17.9 Å². The van der Waals surface area contributed by atoms with E-state index >= 15 is 0 Å². The normalized spacial score (nSPS) is 22.7. The van der Waals surface area contributed by atoms with Gasteiger partial charge in [0, 0.05) is 0 Å². The van der Waals surface area contributed by atoms with Gasteiger partial charge in [0.25, 0.3) is 0 Å². The van der Waals surface area contributed by atoms with Gasteiger partial charge in [-0.15, -0.1) is 11.8 Å². The SMILES string of the molecule is CCS[C@H]1O[C@@H](COC(=O)c2ccccc2)[C@H](OC(=O)c2ccccc2)[C@@H](OC(=O)c2ccccc2)[C@@H]1O. The van der Waals surface area contributed by atoms with Crippen LogP contribution in [0.15, 0.2) is 91.0 Å². The van der Waals surface area contributed by atoms with Gasteiger partial charge in [0.05, 0.1) is 16.7 Å². The zero-order chi connectivity index (χ0) is 26.9. The van der Waals surface area contributed by atoms with Gasteiger partial charge in [0.2, 0.25) is 0 Å². The van der Waals surface area contributed by atoms with Crippen LogP contribution in [-0.4, -0.2) is 65.2 Å². The molecule has 0 aromatic heterocycles. The van der Waals surface area contributed by atoms with E-state index in [4.69, 9.17) is 18.9 Å². The molecule has 0 spiro atoms. The number of aliphatic hydroxyl groups is 1. The van der Waals surface area contributed by atoms with Crippen LogP contribution in [0, 0.1) is 0 Å². The first-order chi connectivity index (χ1) is 18.5. The Morgan fingerprint density at radius 3 is 1.66 bits per heavy atom. The lowest BCUT2D eigenvalue weighted by Crippen LogP contribution is -2.60. The first kappa shape index (κ1) is 27.4. The number of thioether (sulfide) groups is 1. The highest BCUT2D eigenvalue weighted by atomic mass is 32.2. The molecule has 1 heterocycles. The molecule has 9 heteroatoms. The number of hydrogen-bond acceptors (Lipinski definition) is 9. The summed E-state index contributed by atoms with van der Waals surface area (Å²) < 4.78 is 23.1. The Hall–Kier alpha value is -3.66. The maximum absolute atomic E-state index is 13.0. The molecular weight excluding hydrogens is 508 g/mol. The third-order valence-electron chi connectivity index (χ3n) is 5.84. The molecule has 38 heavy (non-hydrogen) atoms. The molecule has 0 aliphatic carbocycles. The van der Waals surface area contributed by atoms with Gasteiger partial charge in [-0.05, 0) is 42.2 Å². The fraction of sp³-hybridized carbons (Fsp3) is 0.276. The second-order valence-corrected chi connectivity index (χ2v) is 9.80. The van der Waals surface area contributed by atoms with E-state index in [2.05, 4.69) is 0 Å². The molecule has 198 valence electrons. The van der Waals surface area contributed by atoms with Crippen molar-refractivity contribution in [2.45, 2.75) is 36.8 Å². The largest absolute Gasteiger partial charge is 0.459 e. The fourth-order valence-corrected chi connectivity index (χ4v) is 4.86. The van der Waals surface area contributed by atoms with Crippen molar-refractivity contribution in [1.29, 1.82) is 0 Å². The van der Waals surface area contributed by atoms with Crippen molar-refractivity contribution >= 4 is 29.7 Å². The van der Waals surface area contributed by atoms with Gasteiger partial charge in [0.15, 0.2) is 12.2 Å². The van der Waals surface area contributed by atoms with Crippen molar-refractivity contribution in [3.8, 4) is 0 Å². The first-order valence-corrected chi connectivity index (χ1v) is 13.2. The van der Waals surface area contributed by atoms with Gasteiger partial charge in [-0.1, -0.05) is 61.5 Å². The topological polar surface area (TPSA) is 108 Å². The predicted octanol–water partition coefficient (Wildman–Crippen LogP) is 4.13. The lowest BCUT2D eigenvalue weighted by Gasteiger charge is -2.43. The molecule has 0 bridgehead atoms. The van der Waals surface area contributed by atoms with E-state index in [1.807, 2.05) is 6.92 Å². The van der Waals surface area contributed by atoms with E-state index < -0.39 is 47.8 Å². The van der Waals surface area contributed by atoms with Crippen molar-refractivity contribution in [3.63, 3.8) is 0 Å². The van der Waals surface area contributed by atoms with Crippen LogP contribution in [0.2, 0.25) is 0 Å². The van der Waals surface area contributed by atoms with Gasteiger partial charge < -0.3 is 24.1 Å². The number of carbonyl (C=O) groups is 3. The minimum atomic E-state index is -1.32. The maximum Gasteiger partial charge on any atom is 0.338 e. The number of esters is 3. The Kier molecular flexibility index (Phi) is 9.53. The Morgan fingerprint density at radius 1 is 0.737 bits per heavy atom. The van der Waals surface area contributed by atoms with Gasteiger partial charge in [-0.2, -0.15) is 0 Å². The summed E-state index contributed by atoms with van der Waals surface area (Å²) in [4.78, 5) is 38.6. The Bertz CT molecular complexity index is 1210. The van der Waals surface area contributed by atoms with Crippen LogP contribution in [0.4, 0.5) is 0 Å². The summed E-state index contributed by atoms with van der Waals surface area (Å²) >= 11 is 1.29. The number of benzene rings is 3. The smallest absolute Gasteiger partial charge is 0.338 e. The zero-order valence-corrected chi connectivity index (χ0v) is 21.5. The third-order valence-corrected chi connectivity index (χ3v) is 6.89. The molecule has 0 unspecified atom stereocenters. The summed E-state index contributed by atoms with van der Waals surface area (Å²) in [5.41, 5.74) is 0.0553. The van der Waals surface area contributed by atoms with Gasteiger partial charge in [-0.25, -0.2) is 14.4 Å². The molecule has 3 aromatic carbocycles. The molecule has 1 saturated heterocycles. The van der Waals surface area contributed by atoms with Crippen molar-refractivity contribution in [2.24, 2.45) is 0 Å². The first-order valence-electron chi connectivity index (χ1n) is 12.2. The standard InChI is InChI=1S/C29H28O8S/c1-2-38-29-23(30)25(37-28(33)21-16-10-5-11-17-21)24(36-27(32)20-14-8-4-9-15-20)22(35-29)18-34-26(31)19-12-6-3-7-13-19/h3-17,22-25,29-30H,2,18H2,1H3/t22-,23-,24-,25-,29+/m0/s1. The Morgan fingerprint density at radius 2 is 1.18 bits per heavy atom. The zero-order valence-electron chi connectivity index (χ0n) is 20.7. The summed E-state index contributed by atoms with van der Waals surface area (Å²) in [6.07, 6.45) is -4.88. The van der Waals surface area contributed by atoms with Crippen molar-refractivity contribution in [2.75, 3.05) is 12.4 Å². The van der Waals surface area contributed by atoms with Crippen LogP contribution >= 0.6 is 11.8 Å². The van der Waals surface area contributed by atoms with E-state index in [0.29, 0.717) is 11.3 Å². The van der Waals surface area contributed by atoms with E-state index in [0.717, 1.165) is 0 Å². The van der Waals surface area contributed by atoms with Crippen LogP contribution in [0.25, 0.3) is 0 Å². The van der Waals surface area contributed by atoms with Crippen LogP contribution in [0.5, 0.6) is 0 Å². The average molecular weight is 537 g/mol.